The molecule has 0 amide bonds. The van der Waals surface area contributed by atoms with E-state index in [4.69, 9.17) is 0 Å². The Morgan fingerprint density at radius 1 is 1.11 bits per heavy atom. The molecular formula is C8H16Y-2. The molecule has 1 heteroatoms. The summed E-state index contributed by atoms with van der Waals surface area (Å²) in [5.74, 6) is 1.49. The van der Waals surface area contributed by atoms with Gasteiger partial charge < -0.3 is 13.8 Å². The number of rotatable bonds is 3. The van der Waals surface area contributed by atoms with Gasteiger partial charge in [-0.3, -0.25) is 0 Å². The Balaban J connectivity index is 0. The number of hydrogen-bond donors (Lipinski definition) is 0. The Morgan fingerprint density at radius 2 is 1.44 bits per heavy atom. The zero-order chi connectivity index (χ0) is 6.57. The SMILES string of the molecule is [CH2-]CC(C[CH2-])C(C)C.[Y]. The zero-order valence-corrected chi connectivity index (χ0v) is 9.40. The molecule has 0 saturated carbocycles. The van der Waals surface area contributed by atoms with Gasteiger partial charge in [0.05, 0.1) is 0 Å². The van der Waals surface area contributed by atoms with E-state index in [1.165, 1.54) is 0 Å². The van der Waals surface area contributed by atoms with Gasteiger partial charge in [-0.2, -0.15) is 12.8 Å². The van der Waals surface area contributed by atoms with Gasteiger partial charge in [0.25, 0.3) is 0 Å². The number of hydrogen-bond acceptors (Lipinski definition) is 0. The van der Waals surface area contributed by atoms with Crippen molar-refractivity contribution in [1.82, 2.24) is 0 Å². The molecule has 53 valence electrons. The smallest absolute Gasteiger partial charge is 0 e. The Bertz CT molecular complexity index is 46.5. The molecule has 0 aliphatic rings. The molecule has 0 saturated heterocycles. The third kappa shape index (κ3) is 5.54. The minimum Gasteiger partial charge on any atom is -0.343 e. The summed E-state index contributed by atoms with van der Waals surface area (Å²) < 4.78 is 0. The average Bonchev–Trinajstić information content (AvgIpc) is 1.69. The monoisotopic (exact) mass is 201 g/mol. The van der Waals surface area contributed by atoms with Crippen molar-refractivity contribution in [1.29, 1.82) is 0 Å². The van der Waals surface area contributed by atoms with Gasteiger partial charge in [0.2, 0.25) is 0 Å². The predicted octanol–water partition coefficient (Wildman–Crippen LogP) is 2.70. The van der Waals surface area contributed by atoms with Crippen molar-refractivity contribution >= 4 is 0 Å². The van der Waals surface area contributed by atoms with Crippen molar-refractivity contribution in [3.05, 3.63) is 13.8 Å². The van der Waals surface area contributed by atoms with E-state index in [9.17, 15) is 0 Å². The van der Waals surface area contributed by atoms with Crippen LogP contribution in [0.4, 0.5) is 0 Å². The van der Waals surface area contributed by atoms with Gasteiger partial charge in [-0.15, -0.1) is 0 Å². The Morgan fingerprint density at radius 3 is 1.44 bits per heavy atom. The van der Waals surface area contributed by atoms with E-state index >= 15 is 0 Å². The molecule has 0 nitrogen and oxygen atoms in total. The molecule has 0 spiro atoms. The topological polar surface area (TPSA) is 0 Å². The summed E-state index contributed by atoms with van der Waals surface area (Å²) >= 11 is 0. The predicted molar refractivity (Wildman–Crippen MR) is 38.3 cm³/mol. The van der Waals surface area contributed by atoms with Crippen molar-refractivity contribution in [3.63, 3.8) is 0 Å². The first-order chi connectivity index (χ1) is 3.72. The fraction of sp³-hybridized carbons (Fsp3) is 0.750. The van der Waals surface area contributed by atoms with Crippen molar-refractivity contribution in [2.24, 2.45) is 11.8 Å². The van der Waals surface area contributed by atoms with E-state index < -0.39 is 0 Å². The summed E-state index contributed by atoms with van der Waals surface area (Å²) in [6, 6.07) is 0. The summed E-state index contributed by atoms with van der Waals surface area (Å²) in [5.41, 5.74) is 0. The first-order valence-corrected chi connectivity index (χ1v) is 3.30. The normalized spacial score (nSPS) is 10.0. The maximum Gasteiger partial charge on any atom is 0 e. The van der Waals surface area contributed by atoms with Gasteiger partial charge in [-0.1, -0.05) is 19.8 Å². The van der Waals surface area contributed by atoms with Gasteiger partial charge >= 0.3 is 0 Å². The minimum absolute atomic E-state index is 0. The fourth-order valence-corrected chi connectivity index (χ4v) is 0.811. The molecule has 1 radical (unpaired) electrons. The molecule has 0 unspecified atom stereocenters. The van der Waals surface area contributed by atoms with Gasteiger partial charge in [0.15, 0.2) is 0 Å². The molecule has 0 aromatic heterocycles. The summed E-state index contributed by atoms with van der Waals surface area (Å²) in [6.45, 7) is 12.1. The molecule has 0 fully saturated rings. The third-order valence-electron chi connectivity index (χ3n) is 1.68. The molecule has 0 aromatic rings. The molecule has 0 aromatic carbocycles. The van der Waals surface area contributed by atoms with Crippen LogP contribution < -0.4 is 0 Å². The van der Waals surface area contributed by atoms with Crippen LogP contribution in [-0.4, -0.2) is 0 Å². The molecule has 0 atom stereocenters. The van der Waals surface area contributed by atoms with Crippen LogP contribution in [0.2, 0.25) is 0 Å². The van der Waals surface area contributed by atoms with Gasteiger partial charge in [-0.05, 0) is 5.92 Å². The molecule has 9 heavy (non-hydrogen) atoms. The average molecular weight is 201 g/mol. The van der Waals surface area contributed by atoms with Crippen LogP contribution in [0.25, 0.3) is 0 Å². The van der Waals surface area contributed by atoms with Gasteiger partial charge in [-0.25, -0.2) is 0 Å². The molecule has 0 N–H and O–H groups in total. The van der Waals surface area contributed by atoms with Gasteiger partial charge in [0, 0.05) is 32.7 Å². The molecule has 0 aliphatic heterocycles. The Hall–Kier alpha value is 1.10. The van der Waals surface area contributed by atoms with Gasteiger partial charge in [0.1, 0.15) is 0 Å². The largest absolute Gasteiger partial charge is 0.343 e. The standard InChI is InChI=1S/C8H16.Y/c1-5-8(6-2)7(3)4;/h7-8H,1-2,5-6H2,3-4H3;/q-2;. The fourth-order valence-electron chi connectivity index (χ4n) is 0.811. The molecule has 0 rings (SSSR count). The summed E-state index contributed by atoms with van der Waals surface area (Å²) in [7, 11) is 0. The second-order valence-corrected chi connectivity index (χ2v) is 2.58. The van der Waals surface area contributed by atoms with Crippen LogP contribution in [0.5, 0.6) is 0 Å². The Kier molecular flexibility index (Phi) is 10.2. The first kappa shape index (κ1) is 12.8. The van der Waals surface area contributed by atoms with E-state index in [1.807, 2.05) is 0 Å². The second kappa shape index (κ2) is 7.21. The van der Waals surface area contributed by atoms with Crippen molar-refractivity contribution < 1.29 is 32.7 Å². The zero-order valence-electron chi connectivity index (χ0n) is 6.56. The summed E-state index contributed by atoms with van der Waals surface area (Å²) in [4.78, 5) is 0. The van der Waals surface area contributed by atoms with Crippen molar-refractivity contribution in [2.75, 3.05) is 0 Å². The third-order valence-corrected chi connectivity index (χ3v) is 1.68. The van der Waals surface area contributed by atoms with E-state index in [1.54, 1.807) is 0 Å². The van der Waals surface area contributed by atoms with Crippen LogP contribution in [0, 0.1) is 25.7 Å². The molecule has 0 heterocycles. The summed E-state index contributed by atoms with van der Waals surface area (Å²) in [5, 5.41) is 0. The molecule has 0 bridgehead atoms. The molecule has 0 aliphatic carbocycles. The maximum absolute atomic E-state index is 3.84. The van der Waals surface area contributed by atoms with E-state index in [0.717, 1.165) is 24.7 Å². The van der Waals surface area contributed by atoms with E-state index in [0.29, 0.717) is 0 Å². The summed E-state index contributed by atoms with van der Waals surface area (Å²) in [6.07, 6.45) is 2.06. The Labute approximate surface area is 84.7 Å². The minimum atomic E-state index is 0. The molecular weight excluding hydrogens is 185 g/mol. The van der Waals surface area contributed by atoms with Crippen molar-refractivity contribution in [2.45, 2.75) is 26.7 Å². The van der Waals surface area contributed by atoms with Crippen LogP contribution in [-0.2, 0) is 32.7 Å². The van der Waals surface area contributed by atoms with E-state index in [2.05, 4.69) is 27.7 Å². The van der Waals surface area contributed by atoms with E-state index in [-0.39, 0.29) is 32.7 Å². The van der Waals surface area contributed by atoms with Crippen molar-refractivity contribution in [3.8, 4) is 0 Å². The van der Waals surface area contributed by atoms with Crippen LogP contribution in [0.3, 0.4) is 0 Å². The van der Waals surface area contributed by atoms with Crippen LogP contribution in [0.15, 0.2) is 0 Å². The second-order valence-electron chi connectivity index (χ2n) is 2.58. The first-order valence-electron chi connectivity index (χ1n) is 3.30. The quantitative estimate of drug-likeness (QED) is 0.616. The maximum atomic E-state index is 3.84. The van der Waals surface area contributed by atoms with Crippen LogP contribution >= 0.6 is 0 Å². The van der Waals surface area contributed by atoms with Crippen LogP contribution in [0.1, 0.15) is 26.7 Å².